The molecule has 2 N–H and O–H groups in total. The average molecular weight is 511 g/mol. The molecule has 186 valence electrons. The molecule has 0 aromatic carbocycles. The van der Waals surface area contributed by atoms with E-state index in [1.807, 2.05) is 0 Å². The minimum absolute atomic E-state index is 0. The van der Waals surface area contributed by atoms with Crippen LogP contribution in [0.15, 0.2) is 34.7 Å². The van der Waals surface area contributed by atoms with E-state index in [1.54, 1.807) is 38.1 Å². The van der Waals surface area contributed by atoms with Gasteiger partial charge in [0, 0.05) is 28.6 Å². The van der Waals surface area contributed by atoms with E-state index in [-0.39, 0.29) is 29.6 Å². The zero-order valence-electron chi connectivity index (χ0n) is 19.2. The van der Waals surface area contributed by atoms with Gasteiger partial charge in [0.1, 0.15) is 13.1 Å². The van der Waals surface area contributed by atoms with E-state index in [9.17, 15) is 10.4 Å². The minimum Gasteiger partial charge on any atom is -0.696 e. The Bertz CT molecular complexity index is 842. The van der Waals surface area contributed by atoms with Crippen LogP contribution in [-0.2, 0) is 16.5 Å². The molecule has 0 bridgehead atoms. The molecule has 2 aromatic heterocycles. The molecule has 0 saturated heterocycles. The summed E-state index contributed by atoms with van der Waals surface area (Å²) in [6.45, 7) is 3.92. The van der Waals surface area contributed by atoms with Crippen molar-refractivity contribution in [3.8, 4) is 23.5 Å². The van der Waals surface area contributed by atoms with Crippen LogP contribution in [0.2, 0.25) is 0 Å². The van der Waals surface area contributed by atoms with Crippen LogP contribution in [0, 0.1) is 10.4 Å². The van der Waals surface area contributed by atoms with Gasteiger partial charge in [-0.3, -0.25) is 0 Å². The first-order valence-electron chi connectivity index (χ1n) is 9.42. The Morgan fingerprint density at radius 2 is 1.09 bits per heavy atom. The van der Waals surface area contributed by atoms with Crippen LogP contribution in [-0.4, -0.2) is 61.2 Å². The topological polar surface area (TPSA) is 164 Å². The van der Waals surface area contributed by atoms with Gasteiger partial charge in [-0.1, -0.05) is 0 Å². The van der Waals surface area contributed by atoms with Gasteiger partial charge >= 0.3 is 0 Å². The Kier molecular flexibility index (Phi) is 14.3. The second-order valence-corrected chi connectivity index (χ2v) is 5.58. The summed E-state index contributed by atoms with van der Waals surface area (Å²) in [4.78, 5) is 9.09. The first-order chi connectivity index (χ1) is 15.4. The molecule has 0 aliphatic carbocycles. The van der Waals surface area contributed by atoms with E-state index < -0.39 is 0 Å². The van der Waals surface area contributed by atoms with Gasteiger partial charge in [-0.05, 0) is 26.0 Å². The van der Waals surface area contributed by atoms with E-state index in [0.717, 1.165) is 0 Å². The minimum atomic E-state index is 0. The maximum absolute atomic E-state index is 10.9. The third kappa shape index (κ3) is 10.0. The number of hydrogen-bond donors (Lipinski definition) is 2. The molecule has 14 nitrogen and oxygen atoms in total. The maximum Gasteiger partial charge on any atom is 0.266 e. The third-order valence-corrected chi connectivity index (χ3v) is 3.58. The quantitative estimate of drug-likeness (QED) is 0.210. The predicted molar refractivity (Wildman–Crippen MR) is 115 cm³/mol. The van der Waals surface area contributed by atoms with Gasteiger partial charge in [0.25, 0.3) is 11.8 Å². The van der Waals surface area contributed by atoms with Gasteiger partial charge in [0.15, 0.2) is 0 Å². The van der Waals surface area contributed by atoms with Crippen LogP contribution in [0.3, 0.4) is 0 Å². The van der Waals surface area contributed by atoms with Crippen molar-refractivity contribution >= 4 is 11.4 Å². The molecular formula is C18H28N8NiO6. The van der Waals surface area contributed by atoms with E-state index in [4.69, 9.17) is 18.9 Å². The number of nitrogens with zero attached hydrogens (tertiary/aromatic N) is 6. The zero-order chi connectivity index (χ0) is 23.9. The van der Waals surface area contributed by atoms with Crippen LogP contribution in [0.4, 0.5) is 11.4 Å². The second-order valence-electron chi connectivity index (χ2n) is 5.58. The number of aromatic nitrogens is 2. The molecule has 0 radical (unpaired) electrons. The Morgan fingerprint density at radius 1 is 0.727 bits per heavy atom. The van der Waals surface area contributed by atoms with Crippen LogP contribution in [0.5, 0.6) is 23.5 Å². The summed E-state index contributed by atoms with van der Waals surface area (Å²) < 4.78 is 19.9. The fourth-order valence-electron chi connectivity index (χ4n) is 1.92. The molecule has 0 aliphatic heterocycles. The SMILES string of the molecule is CC[N+]([O-])=NNc1ccc(OC)nc1OC.CC[N+]([O-])=NNc1ccc(OC)nc1OC.[Ni]. The van der Waals surface area contributed by atoms with Crippen molar-refractivity contribution in [2.24, 2.45) is 10.4 Å². The molecular weight excluding hydrogens is 483 g/mol. The number of pyridine rings is 2. The van der Waals surface area contributed by atoms with Crippen LogP contribution < -0.4 is 29.8 Å². The molecule has 2 aromatic rings. The fraction of sp³-hybridized carbons (Fsp3) is 0.444. The molecule has 2 heterocycles. The van der Waals surface area contributed by atoms with Crippen LogP contribution >= 0.6 is 0 Å². The molecule has 15 heteroatoms. The summed E-state index contributed by atoms with van der Waals surface area (Å²) in [6.07, 6.45) is 0. The Balaban J connectivity index is 0.000000602. The number of methoxy groups -OCH3 is 4. The maximum atomic E-state index is 10.9. The molecule has 0 atom stereocenters. The number of ether oxygens (including phenoxy) is 4. The first kappa shape index (κ1) is 29.4. The van der Waals surface area contributed by atoms with Crippen molar-refractivity contribution in [2.45, 2.75) is 13.8 Å². The first-order valence-corrected chi connectivity index (χ1v) is 9.42. The van der Waals surface area contributed by atoms with Crippen molar-refractivity contribution in [3.05, 3.63) is 34.7 Å². The summed E-state index contributed by atoms with van der Waals surface area (Å²) in [5.74, 6) is 1.48. The van der Waals surface area contributed by atoms with E-state index in [2.05, 4.69) is 31.3 Å². The number of anilines is 2. The number of rotatable bonds is 10. The summed E-state index contributed by atoms with van der Waals surface area (Å²) >= 11 is 0. The molecule has 0 spiro atoms. The van der Waals surface area contributed by atoms with E-state index in [0.29, 0.717) is 44.6 Å². The predicted octanol–water partition coefficient (Wildman–Crippen LogP) is 2.81. The largest absolute Gasteiger partial charge is 0.696 e. The molecule has 0 fully saturated rings. The molecule has 2 rings (SSSR count). The van der Waals surface area contributed by atoms with Gasteiger partial charge < -0.3 is 29.4 Å². The Morgan fingerprint density at radius 3 is 1.36 bits per heavy atom. The van der Waals surface area contributed by atoms with Crippen molar-refractivity contribution in [1.29, 1.82) is 0 Å². The number of hydrogen-bond acceptors (Lipinski definition) is 10. The smallest absolute Gasteiger partial charge is 0.266 e. The van der Waals surface area contributed by atoms with Gasteiger partial charge in [-0.15, -0.1) is 10.9 Å². The molecule has 0 saturated carbocycles. The Labute approximate surface area is 201 Å². The van der Waals surface area contributed by atoms with E-state index in [1.165, 1.54) is 28.4 Å². The van der Waals surface area contributed by atoms with Crippen molar-refractivity contribution in [3.63, 3.8) is 0 Å². The molecule has 33 heavy (non-hydrogen) atoms. The van der Waals surface area contributed by atoms with Gasteiger partial charge in [-0.25, -0.2) is 0 Å². The van der Waals surface area contributed by atoms with E-state index >= 15 is 0 Å². The van der Waals surface area contributed by atoms with Crippen LogP contribution in [0.25, 0.3) is 0 Å². The van der Waals surface area contributed by atoms with Gasteiger partial charge in [-0.2, -0.15) is 19.7 Å². The monoisotopic (exact) mass is 510 g/mol. The van der Waals surface area contributed by atoms with Crippen LogP contribution in [0.1, 0.15) is 13.8 Å². The number of nitrogens with one attached hydrogen (secondary N) is 2. The number of hydroxylamine groups is 2. The normalized spacial score (nSPS) is 10.7. The summed E-state index contributed by atoms with van der Waals surface area (Å²) in [6, 6.07) is 6.61. The van der Waals surface area contributed by atoms with Crippen molar-refractivity contribution in [1.82, 2.24) is 9.97 Å². The van der Waals surface area contributed by atoms with Gasteiger partial charge in [0.2, 0.25) is 23.1 Å². The molecule has 0 unspecified atom stereocenters. The molecule has 0 amide bonds. The Hall–Kier alpha value is -3.61. The zero-order valence-corrected chi connectivity index (χ0v) is 20.2. The fourth-order valence-corrected chi connectivity index (χ4v) is 1.92. The van der Waals surface area contributed by atoms with Crippen molar-refractivity contribution in [2.75, 3.05) is 52.4 Å². The summed E-state index contributed by atoms with van der Waals surface area (Å²) in [5.41, 5.74) is 6.12. The third-order valence-electron chi connectivity index (χ3n) is 3.58. The standard InChI is InChI=1S/2C9H14N4O3.Ni/c2*1-4-13(14)12-11-7-5-6-8(15-2)10-9(7)16-3;/h2*5-6,11H,4H2,1-3H3;. The van der Waals surface area contributed by atoms with Crippen molar-refractivity contribution < 1.29 is 45.2 Å². The second kappa shape index (κ2) is 16.1. The van der Waals surface area contributed by atoms with Gasteiger partial charge in [0.05, 0.1) is 38.9 Å². The summed E-state index contributed by atoms with van der Waals surface area (Å²) in [5, 5.41) is 28.9. The summed E-state index contributed by atoms with van der Waals surface area (Å²) in [7, 11) is 5.97. The average Bonchev–Trinajstić information content (AvgIpc) is 2.85. The molecule has 0 aliphatic rings.